The molecule has 1 N–H and O–H groups in total. The van der Waals surface area contributed by atoms with Gasteiger partial charge in [0, 0.05) is 27.5 Å². The summed E-state index contributed by atoms with van der Waals surface area (Å²) < 4.78 is 1.45. The van der Waals surface area contributed by atoms with Gasteiger partial charge in [-0.1, -0.05) is 18.2 Å². The Hall–Kier alpha value is -2.73. The third-order valence-corrected chi connectivity index (χ3v) is 6.35. The molecular weight excluding hydrogens is 346 g/mol. The van der Waals surface area contributed by atoms with Crippen LogP contribution in [0.5, 0.6) is 0 Å². The predicted octanol–water partition coefficient (Wildman–Crippen LogP) is 3.70. The zero-order chi connectivity index (χ0) is 17.7. The molecule has 5 nitrogen and oxygen atoms in total. The zero-order valence-corrected chi connectivity index (χ0v) is 14.9. The highest BCUT2D eigenvalue weighted by atomic mass is 32.1. The van der Waals surface area contributed by atoms with Crippen molar-refractivity contribution in [1.82, 2.24) is 14.5 Å². The molecule has 0 amide bonds. The third kappa shape index (κ3) is 2.33. The molecule has 0 bridgehead atoms. The number of carbonyl (C=O) groups excluding carboxylic acids is 1. The number of aryl methyl sites for hydroxylation is 2. The fourth-order valence-corrected chi connectivity index (χ4v) is 5.06. The average molecular weight is 363 g/mol. The van der Waals surface area contributed by atoms with Crippen molar-refractivity contribution in [2.24, 2.45) is 0 Å². The molecule has 1 aromatic carbocycles. The highest BCUT2D eigenvalue weighted by Crippen LogP contribution is 2.33. The predicted molar refractivity (Wildman–Crippen MR) is 103 cm³/mol. The molecule has 0 spiro atoms. The molecule has 26 heavy (non-hydrogen) atoms. The number of hydrogen-bond acceptors (Lipinski definition) is 4. The topological polar surface area (TPSA) is 67.8 Å². The molecule has 1 aliphatic rings. The summed E-state index contributed by atoms with van der Waals surface area (Å²) in [6, 6.07) is 7.68. The molecule has 0 aliphatic heterocycles. The highest BCUT2D eigenvalue weighted by molar-refractivity contribution is 7.18. The summed E-state index contributed by atoms with van der Waals surface area (Å²) in [6.07, 6.45) is 7.49. The van der Waals surface area contributed by atoms with E-state index in [1.165, 1.54) is 22.2 Å². The molecule has 0 atom stereocenters. The van der Waals surface area contributed by atoms with Crippen LogP contribution >= 0.6 is 11.3 Å². The van der Waals surface area contributed by atoms with Crippen molar-refractivity contribution in [3.05, 3.63) is 63.1 Å². The van der Waals surface area contributed by atoms with Crippen LogP contribution in [-0.4, -0.2) is 20.3 Å². The van der Waals surface area contributed by atoms with Gasteiger partial charge in [0.25, 0.3) is 5.56 Å². The number of Topliss-reactive ketones (excluding diaryl/α,β-unsaturated/α-hetero) is 1. The summed E-state index contributed by atoms with van der Waals surface area (Å²) >= 11 is 1.63. The number of benzene rings is 1. The van der Waals surface area contributed by atoms with Crippen molar-refractivity contribution < 1.29 is 4.79 Å². The van der Waals surface area contributed by atoms with E-state index in [1.807, 2.05) is 24.3 Å². The summed E-state index contributed by atoms with van der Waals surface area (Å²) in [4.78, 5) is 35.5. The van der Waals surface area contributed by atoms with Crippen molar-refractivity contribution in [2.75, 3.05) is 0 Å². The van der Waals surface area contributed by atoms with Crippen LogP contribution in [0, 0.1) is 0 Å². The molecule has 0 unspecified atom stereocenters. The second-order valence-corrected chi connectivity index (χ2v) is 7.82. The lowest BCUT2D eigenvalue weighted by Gasteiger charge is -2.10. The maximum Gasteiger partial charge on any atom is 0.262 e. The number of para-hydroxylation sites is 1. The number of aromatic nitrogens is 3. The Balaban J connectivity index is 1.56. The van der Waals surface area contributed by atoms with E-state index in [-0.39, 0.29) is 17.9 Å². The number of nitrogens with one attached hydrogen (secondary N) is 1. The number of H-pyrrole nitrogens is 1. The Morgan fingerprint density at radius 1 is 1.23 bits per heavy atom. The van der Waals surface area contributed by atoms with Crippen LogP contribution in [0.25, 0.3) is 21.1 Å². The lowest BCUT2D eigenvalue weighted by molar-refractivity contribution is 0.0972. The highest BCUT2D eigenvalue weighted by Gasteiger charge is 2.21. The average Bonchev–Trinajstić information content (AvgIpc) is 3.25. The largest absolute Gasteiger partial charge is 0.360 e. The lowest BCUT2D eigenvalue weighted by atomic mass is 9.97. The van der Waals surface area contributed by atoms with Crippen molar-refractivity contribution in [1.29, 1.82) is 0 Å². The normalized spacial score (nSPS) is 14.0. The van der Waals surface area contributed by atoms with Gasteiger partial charge in [0.2, 0.25) is 0 Å². The van der Waals surface area contributed by atoms with Gasteiger partial charge in [-0.25, -0.2) is 4.98 Å². The van der Waals surface area contributed by atoms with Gasteiger partial charge >= 0.3 is 0 Å². The minimum atomic E-state index is -0.0948. The van der Waals surface area contributed by atoms with Gasteiger partial charge in [-0.05, 0) is 37.3 Å². The van der Waals surface area contributed by atoms with Gasteiger partial charge in [0.1, 0.15) is 4.83 Å². The van der Waals surface area contributed by atoms with Gasteiger partial charge < -0.3 is 4.98 Å². The molecule has 3 heterocycles. The first-order chi connectivity index (χ1) is 12.7. The Labute approximate surface area is 153 Å². The number of fused-ring (bicyclic) bond motifs is 4. The number of thiophene rings is 1. The Kier molecular flexibility index (Phi) is 3.53. The van der Waals surface area contributed by atoms with Gasteiger partial charge in [0.05, 0.1) is 18.3 Å². The molecule has 4 aromatic rings. The minimum absolute atomic E-state index is 0.00818. The summed E-state index contributed by atoms with van der Waals surface area (Å²) in [7, 11) is 0. The molecule has 3 aromatic heterocycles. The lowest BCUT2D eigenvalue weighted by Crippen LogP contribution is -2.25. The van der Waals surface area contributed by atoms with E-state index in [1.54, 1.807) is 17.5 Å². The molecule has 0 fully saturated rings. The van der Waals surface area contributed by atoms with E-state index in [4.69, 9.17) is 0 Å². The smallest absolute Gasteiger partial charge is 0.262 e. The van der Waals surface area contributed by atoms with Crippen molar-refractivity contribution in [2.45, 2.75) is 32.2 Å². The van der Waals surface area contributed by atoms with Crippen LogP contribution in [0.4, 0.5) is 0 Å². The fraction of sp³-hybridized carbons (Fsp3) is 0.250. The van der Waals surface area contributed by atoms with Crippen LogP contribution in [0.15, 0.2) is 41.6 Å². The van der Waals surface area contributed by atoms with Crippen LogP contribution in [0.1, 0.15) is 33.6 Å². The Morgan fingerprint density at radius 2 is 2.08 bits per heavy atom. The molecular formula is C20H17N3O2S. The van der Waals surface area contributed by atoms with E-state index < -0.39 is 0 Å². The molecule has 6 heteroatoms. The number of ketones is 1. The van der Waals surface area contributed by atoms with E-state index in [0.29, 0.717) is 5.56 Å². The molecule has 0 radical (unpaired) electrons. The Bertz CT molecular complexity index is 1210. The molecule has 130 valence electrons. The summed E-state index contributed by atoms with van der Waals surface area (Å²) in [5, 5.41) is 1.60. The molecule has 1 aliphatic carbocycles. The van der Waals surface area contributed by atoms with Crippen LogP contribution in [0.2, 0.25) is 0 Å². The zero-order valence-electron chi connectivity index (χ0n) is 14.1. The van der Waals surface area contributed by atoms with E-state index in [0.717, 1.165) is 45.9 Å². The van der Waals surface area contributed by atoms with Crippen molar-refractivity contribution in [3.63, 3.8) is 0 Å². The standard InChI is InChI=1S/C20H17N3O2S/c24-16(14-9-21-15-7-3-1-5-12(14)15)10-23-11-22-19-18(20(23)25)13-6-2-4-8-17(13)26-19/h1,3,5,7,9,11,21H,2,4,6,8,10H2. The number of hydrogen-bond donors (Lipinski definition) is 1. The SMILES string of the molecule is O=C(Cn1cnc2sc3c(c2c1=O)CCCC3)c1c[nH]c2ccccc12. The number of nitrogens with zero attached hydrogens (tertiary/aromatic N) is 2. The first-order valence-electron chi connectivity index (χ1n) is 8.81. The number of carbonyl (C=O) groups is 1. The molecule has 0 saturated heterocycles. The van der Waals surface area contributed by atoms with Crippen LogP contribution in [-0.2, 0) is 19.4 Å². The van der Waals surface area contributed by atoms with Gasteiger partial charge in [-0.15, -0.1) is 11.3 Å². The summed E-state index contributed by atoms with van der Waals surface area (Å²) in [5.74, 6) is -0.0882. The van der Waals surface area contributed by atoms with Crippen molar-refractivity contribution >= 4 is 38.2 Å². The maximum atomic E-state index is 13.0. The first-order valence-corrected chi connectivity index (χ1v) is 9.63. The molecule has 0 saturated carbocycles. The first kappa shape index (κ1) is 15.5. The van der Waals surface area contributed by atoms with Crippen LogP contribution in [0.3, 0.4) is 0 Å². The minimum Gasteiger partial charge on any atom is -0.360 e. The van der Waals surface area contributed by atoms with Gasteiger partial charge in [-0.2, -0.15) is 0 Å². The second kappa shape index (κ2) is 5.92. The van der Waals surface area contributed by atoms with E-state index in [9.17, 15) is 9.59 Å². The van der Waals surface area contributed by atoms with Gasteiger partial charge in [-0.3, -0.25) is 14.2 Å². The third-order valence-electron chi connectivity index (χ3n) is 5.15. The fourth-order valence-electron chi connectivity index (χ4n) is 3.84. The number of aromatic amines is 1. The summed E-state index contributed by atoms with van der Waals surface area (Å²) in [6.45, 7) is 0.00818. The Morgan fingerprint density at radius 3 is 3.00 bits per heavy atom. The van der Waals surface area contributed by atoms with Gasteiger partial charge in [0.15, 0.2) is 5.78 Å². The van der Waals surface area contributed by atoms with Crippen LogP contribution < -0.4 is 5.56 Å². The summed E-state index contributed by atoms with van der Waals surface area (Å²) in [5.41, 5.74) is 2.59. The monoisotopic (exact) mass is 363 g/mol. The number of rotatable bonds is 3. The quantitative estimate of drug-likeness (QED) is 0.564. The maximum absolute atomic E-state index is 13.0. The van der Waals surface area contributed by atoms with E-state index >= 15 is 0 Å². The second-order valence-electron chi connectivity index (χ2n) is 6.74. The van der Waals surface area contributed by atoms with Crippen molar-refractivity contribution in [3.8, 4) is 0 Å². The molecule has 5 rings (SSSR count). The van der Waals surface area contributed by atoms with E-state index in [2.05, 4.69) is 9.97 Å².